The summed E-state index contributed by atoms with van der Waals surface area (Å²) in [6.45, 7) is 4.24. The molecule has 66 valence electrons. The topological polar surface area (TPSA) is 60.7 Å². The van der Waals surface area contributed by atoms with Gasteiger partial charge in [-0.2, -0.15) is 0 Å². The molecule has 0 atom stereocenters. The molecule has 0 aliphatic carbocycles. The van der Waals surface area contributed by atoms with E-state index in [4.69, 9.17) is 15.3 Å². The summed E-state index contributed by atoms with van der Waals surface area (Å²) in [6, 6.07) is 1.01. The van der Waals surface area contributed by atoms with E-state index in [0.717, 1.165) is 16.3 Å². The van der Waals surface area contributed by atoms with Crippen LogP contribution in [-0.2, 0) is 0 Å². The summed E-state index contributed by atoms with van der Waals surface area (Å²) in [6.07, 6.45) is 0. The Balaban J connectivity index is -0.0000000750. The fourth-order valence-electron chi connectivity index (χ4n) is 0. The largest absolute Gasteiger partial charge is 0.397 e. The Hall–Kier alpha value is 0.0969. The van der Waals surface area contributed by atoms with Crippen molar-refractivity contribution in [2.45, 2.75) is 19.9 Å². The number of rotatable bonds is 1. The highest BCUT2D eigenvalue weighted by molar-refractivity contribution is 6.08. The molecule has 0 aromatic carbocycles. The Labute approximate surface area is 66.1 Å². The molecule has 0 amide bonds. The van der Waals surface area contributed by atoms with Crippen LogP contribution >= 0.6 is 0 Å². The number of hydrogen-bond acceptors (Lipinski definition) is 3. The molecule has 10 heavy (non-hydrogen) atoms. The normalized spacial score (nSPS) is 6.90. The van der Waals surface area contributed by atoms with Crippen LogP contribution in [0.1, 0.15) is 13.8 Å². The minimum Gasteiger partial charge on any atom is -0.397 e. The molecule has 0 bridgehead atoms. The molecule has 0 heterocycles. The van der Waals surface area contributed by atoms with Crippen molar-refractivity contribution < 1.29 is 15.3 Å². The third-order valence-corrected chi connectivity index (χ3v) is 0.671. The number of aliphatic hydroxyl groups is 3. The van der Waals surface area contributed by atoms with Crippen molar-refractivity contribution >= 4 is 10.2 Å². The van der Waals surface area contributed by atoms with Gasteiger partial charge in [0.25, 0.3) is 0 Å². The smallest absolute Gasteiger partial charge is 0.0402 e. The highest BCUT2D eigenvalue weighted by Crippen LogP contribution is 1.56. The third kappa shape index (κ3) is 339. The predicted octanol–water partition coefficient (Wildman–Crippen LogP) is -1.24. The maximum absolute atomic E-state index is 7.91. The Morgan fingerprint density at radius 3 is 1.10 bits per heavy atom. The minimum absolute atomic E-state index is 0.250. The second-order valence-electron chi connectivity index (χ2n) is 1.36. The molecule has 0 aromatic rings. The summed E-state index contributed by atoms with van der Waals surface area (Å²) in [7, 11) is 1.14. The molecule has 0 saturated heterocycles. The van der Waals surface area contributed by atoms with Gasteiger partial charge < -0.3 is 15.3 Å². The summed E-state index contributed by atoms with van der Waals surface area (Å²) in [5.41, 5.74) is 0. The van der Waals surface area contributed by atoms with Gasteiger partial charge in [0.15, 0.2) is 0 Å². The van der Waals surface area contributed by atoms with E-state index in [1.54, 1.807) is 13.8 Å². The molecule has 0 spiro atoms. The van der Waals surface area contributed by atoms with Crippen LogP contribution in [0.2, 0.25) is 6.04 Å². The Kier molecular flexibility index (Phi) is 58.9. The molecule has 3 N–H and O–H groups in total. The van der Waals surface area contributed by atoms with Crippen molar-refractivity contribution in [3.63, 3.8) is 0 Å². The van der Waals surface area contributed by atoms with Crippen LogP contribution in [0.3, 0.4) is 0 Å². The molecule has 0 aromatic heterocycles. The van der Waals surface area contributed by atoms with E-state index in [1.165, 1.54) is 0 Å². The maximum atomic E-state index is 7.91. The first kappa shape index (κ1) is 16.6. The zero-order valence-electron chi connectivity index (χ0n) is 7.17. The van der Waals surface area contributed by atoms with Crippen molar-refractivity contribution in [2.75, 3.05) is 19.8 Å². The van der Waals surface area contributed by atoms with E-state index in [2.05, 4.69) is 0 Å². The Morgan fingerprint density at radius 1 is 1.00 bits per heavy atom. The van der Waals surface area contributed by atoms with Gasteiger partial charge >= 0.3 is 0 Å². The van der Waals surface area contributed by atoms with E-state index >= 15 is 0 Å². The van der Waals surface area contributed by atoms with Gasteiger partial charge in [-0.05, 0) is 19.9 Å². The Bertz CT molecular complexity index is 25.0. The summed E-state index contributed by atoms with van der Waals surface area (Å²) >= 11 is 0. The molecule has 0 unspecified atom stereocenters. The van der Waals surface area contributed by atoms with Crippen LogP contribution < -0.4 is 0 Å². The lowest BCUT2D eigenvalue weighted by atomic mass is 10.9. The second kappa shape index (κ2) is 35.5. The molecule has 0 aliphatic heterocycles. The summed E-state index contributed by atoms with van der Waals surface area (Å²) < 4.78 is 0. The standard InChI is InChI=1S/C2H8OSi.2C2H6O/c3-1-2-4;2*1-2-3/h3H,1-2H2,4H3;2*3H,2H2,1H3. The predicted molar refractivity (Wildman–Crippen MR) is 47.4 cm³/mol. The molecular formula is C6H20O3Si. The molecule has 4 heteroatoms. The first-order valence-corrected chi connectivity index (χ1v) is 4.98. The van der Waals surface area contributed by atoms with E-state index in [9.17, 15) is 0 Å². The molecular weight excluding hydrogens is 148 g/mol. The molecule has 0 fully saturated rings. The number of hydrogen-bond donors (Lipinski definition) is 3. The summed E-state index contributed by atoms with van der Waals surface area (Å²) in [5, 5.41) is 23.0. The average Bonchev–Trinajstić information content (AvgIpc) is 1.91. The Morgan fingerprint density at radius 2 is 1.10 bits per heavy atom. The van der Waals surface area contributed by atoms with Crippen molar-refractivity contribution in [1.29, 1.82) is 0 Å². The maximum Gasteiger partial charge on any atom is 0.0402 e. The van der Waals surface area contributed by atoms with Crippen LogP contribution in [0.4, 0.5) is 0 Å². The van der Waals surface area contributed by atoms with Crippen molar-refractivity contribution in [3.8, 4) is 0 Å². The number of aliphatic hydroxyl groups excluding tert-OH is 3. The average molecular weight is 168 g/mol. The van der Waals surface area contributed by atoms with E-state index in [0.29, 0.717) is 6.61 Å². The van der Waals surface area contributed by atoms with Crippen LogP contribution in [0.15, 0.2) is 0 Å². The quantitative estimate of drug-likeness (QED) is 0.429. The lowest BCUT2D eigenvalue weighted by molar-refractivity contribution is 0.318. The first-order chi connectivity index (χ1) is 4.74. The summed E-state index contributed by atoms with van der Waals surface area (Å²) in [4.78, 5) is 0. The van der Waals surface area contributed by atoms with Crippen LogP contribution in [0.25, 0.3) is 0 Å². The lowest BCUT2D eigenvalue weighted by Gasteiger charge is -1.69. The highest BCUT2D eigenvalue weighted by atomic mass is 28.1. The minimum atomic E-state index is 0.250. The lowest BCUT2D eigenvalue weighted by Crippen LogP contribution is -1.73. The molecule has 0 aliphatic rings. The van der Waals surface area contributed by atoms with Gasteiger partial charge in [-0.3, -0.25) is 0 Å². The van der Waals surface area contributed by atoms with Crippen LogP contribution in [0.5, 0.6) is 0 Å². The zero-order chi connectivity index (χ0) is 8.83. The van der Waals surface area contributed by atoms with Crippen LogP contribution in [0, 0.1) is 0 Å². The first-order valence-electron chi connectivity index (χ1n) is 3.57. The van der Waals surface area contributed by atoms with Gasteiger partial charge in [0.1, 0.15) is 0 Å². The van der Waals surface area contributed by atoms with Gasteiger partial charge in [-0.1, -0.05) is 0 Å². The third-order valence-electron chi connectivity index (χ3n) is 0.224. The van der Waals surface area contributed by atoms with Crippen LogP contribution in [-0.4, -0.2) is 45.4 Å². The fourth-order valence-corrected chi connectivity index (χ4v) is 0. The van der Waals surface area contributed by atoms with Gasteiger partial charge in [0.05, 0.1) is 0 Å². The molecule has 0 rings (SSSR count). The van der Waals surface area contributed by atoms with E-state index in [-0.39, 0.29) is 13.2 Å². The SMILES string of the molecule is CCO.CCO.OCC[SiH3]. The zero-order valence-corrected chi connectivity index (χ0v) is 9.17. The fraction of sp³-hybridized carbons (Fsp3) is 1.00. The summed E-state index contributed by atoms with van der Waals surface area (Å²) in [5.74, 6) is 0. The van der Waals surface area contributed by atoms with Gasteiger partial charge in [-0.25, -0.2) is 0 Å². The van der Waals surface area contributed by atoms with E-state index in [1.807, 2.05) is 0 Å². The van der Waals surface area contributed by atoms with E-state index < -0.39 is 0 Å². The molecule has 0 saturated carbocycles. The monoisotopic (exact) mass is 168 g/mol. The van der Waals surface area contributed by atoms with Crippen molar-refractivity contribution in [3.05, 3.63) is 0 Å². The van der Waals surface area contributed by atoms with Gasteiger partial charge in [0.2, 0.25) is 0 Å². The van der Waals surface area contributed by atoms with Crippen molar-refractivity contribution in [1.82, 2.24) is 0 Å². The molecule has 3 nitrogen and oxygen atoms in total. The highest BCUT2D eigenvalue weighted by Gasteiger charge is 1.57. The van der Waals surface area contributed by atoms with Crippen molar-refractivity contribution in [2.24, 2.45) is 0 Å². The van der Waals surface area contributed by atoms with Gasteiger partial charge in [0, 0.05) is 30.1 Å². The molecule has 0 radical (unpaired) electrons. The second-order valence-corrected chi connectivity index (χ2v) is 2.36. The van der Waals surface area contributed by atoms with Gasteiger partial charge in [-0.15, -0.1) is 0 Å².